The Balaban J connectivity index is 2.41. The molecule has 0 unspecified atom stereocenters. The van der Waals surface area contributed by atoms with Gasteiger partial charge in [0.25, 0.3) is 5.56 Å². The quantitative estimate of drug-likeness (QED) is 0.618. The van der Waals surface area contributed by atoms with Crippen LogP contribution in [0.5, 0.6) is 11.5 Å². The van der Waals surface area contributed by atoms with Crippen molar-refractivity contribution in [3.05, 3.63) is 43.5 Å². The number of nitrogens with one attached hydrogen (secondary N) is 1. The van der Waals surface area contributed by atoms with Gasteiger partial charge < -0.3 is 9.47 Å². The Bertz CT molecular complexity index is 816. The molecule has 1 heterocycles. The molecule has 0 aliphatic carbocycles. The second-order valence-electron chi connectivity index (χ2n) is 4.77. The average Bonchev–Trinajstić information content (AvgIpc) is 2.48. The molecule has 0 atom stereocenters. The van der Waals surface area contributed by atoms with Crippen molar-refractivity contribution in [2.45, 2.75) is 20.0 Å². The van der Waals surface area contributed by atoms with Crippen LogP contribution >= 0.6 is 28.1 Å². The average molecular weight is 399 g/mol. The number of benzene rings is 1. The van der Waals surface area contributed by atoms with Gasteiger partial charge in [0.1, 0.15) is 6.20 Å². The van der Waals surface area contributed by atoms with E-state index >= 15 is 0 Å². The van der Waals surface area contributed by atoms with E-state index in [1.54, 1.807) is 13.2 Å². The van der Waals surface area contributed by atoms with Gasteiger partial charge in [0.15, 0.2) is 11.5 Å². The van der Waals surface area contributed by atoms with Crippen LogP contribution in [0.3, 0.4) is 0 Å². The lowest BCUT2D eigenvalue weighted by Gasteiger charge is -2.15. The van der Waals surface area contributed by atoms with Crippen LogP contribution in [0.15, 0.2) is 32.7 Å². The first-order chi connectivity index (χ1) is 10.9. The van der Waals surface area contributed by atoms with Gasteiger partial charge in [0.05, 0.1) is 23.9 Å². The number of methoxy groups -OCH3 is 1. The zero-order valence-electron chi connectivity index (χ0n) is 12.7. The minimum atomic E-state index is -0.421. The molecule has 0 amide bonds. The zero-order chi connectivity index (χ0) is 17.0. The van der Waals surface area contributed by atoms with Crippen molar-refractivity contribution in [2.24, 2.45) is 5.10 Å². The molecule has 2 rings (SSSR count). The fourth-order valence-electron chi connectivity index (χ4n) is 1.74. The molecule has 9 heteroatoms. The first-order valence-corrected chi connectivity index (χ1v) is 7.87. The minimum Gasteiger partial charge on any atom is -0.493 e. The molecule has 0 radical (unpaired) electrons. The lowest BCUT2D eigenvalue weighted by Crippen LogP contribution is -2.18. The number of aromatic amines is 1. The second-order valence-corrected chi connectivity index (χ2v) is 6.01. The summed E-state index contributed by atoms with van der Waals surface area (Å²) in [6.07, 6.45) is 2.61. The van der Waals surface area contributed by atoms with Crippen LogP contribution in [0, 0.1) is 4.77 Å². The van der Waals surface area contributed by atoms with Gasteiger partial charge >= 0.3 is 0 Å². The number of ether oxygens (including phenoxy) is 2. The summed E-state index contributed by atoms with van der Waals surface area (Å²) < 4.78 is 12.9. The SMILES string of the molecule is COc1cc(/C=N\n2c(=O)cn[nH]c2=S)cc(Br)c1OC(C)C. The molecule has 0 spiro atoms. The van der Waals surface area contributed by atoms with Gasteiger partial charge in [-0.3, -0.25) is 9.89 Å². The van der Waals surface area contributed by atoms with Crippen molar-refractivity contribution >= 4 is 34.4 Å². The van der Waals surface area contributed by atoms with E-state index in [0.717, 1.165) is 15.3 Å². The summed E-state index contributed by atoms with van der Waals surface area (Å²) in [7, 11) is 1.56. The fourth-order valence-corrected chi connectivity index (χ4v) is 2.49. The highest BCUT2D eigenvalue weighted by molar-refractivity contribution is 9.10. The molecule has 0 saturated carbocycles. The largest absolute Gasteiger partial charge is 0.493 e. The summed E-state index contributed by atoms with van der Waals surface area (Å²) in [5.41, 5.74) is 0.290. The Morgan fingerprint density at radius 3 is 2.83 bits per heavy atom. The van der Waals surface area contributed by atoms with Gasteiger partial charge in [-0.05, 0) is 59.7 Å². The summed E-state index contributed by atoms with van der Waals surface area (Å²) in [6.45, 7) is 3.86. The highest BCUT2D eigenvalue weighted by Gasteiger charge is 2.12. The Hall–Kier alpha value is -2.00. The number of hydrogen-bond donors (Lipinski definition) is 1. The van der Waals surface area contributed by atoms with Crippen LogP contribution in [0.1, 0.15) is 19.4 Å². The van der Waals surface area contributed by atoms with Crippen molar-refractivity contribution in [3.8, 4) is 11.5 Å². The molecule has 0 bridgehead atoms. The molecular weight excluding hydrogens is 384 g/mol. The van der Waals surface area contributed by atoms with Gasteiger partial charge in [-0.25, -0.2) is 0 Å². The molecule has 122 valence electrons. The molecule has 0 saturated heterocycles. The topological polar surface area (TPSA) is 81.5 Å². The predicted molar refractivity (Wildman–Crippen MR) is 93.1 cm³/mol. The van der Waals surface area contributed by atoms with E-state index in [1.807, 2.05) is 19.9 Å². The summed E-state index contributed by atoms with van der Waals surface area (Å²) in [6, 6.07) is 3.56. The van der Waals surface area contributed by atoms with E-state index in [2.05, 4.69) is 31.2 Å². The molecule has 2 aromatic rings. The second kappa shape index (κ2) is 7.51. The summed E-state index contributed by atoms with van der Waals surface area (Å²) in [4.78, 5) is 11.7. The van der Waals surface area contributed by atoms with Gasteiger partial charge in [0.2, 0.25) is 4.77 Å². The van der Waals surface area contributed by atoms with Crippen molar-refractivity contribution in [1.29, 1.82) is 0 Å². The molecule has 1 aromatic heterocycles. The van der Waals surface area contributed by atoms with Crippen LogP contribution < -0.4 is 15.0 Å². The van der Waals surface area contributed by atoms with E-state index in [4.69, 9.17) is 21.7 Å². The lowest BCUT2D eigenvalue weighted by atomic mass is 10.2. The maximum absolute atomic E-state index is 11.7. The van der Waals surface area contributed by atoms with Crippen molar-refractivity contribution < 1.29 is 9.47 Å². The third-order valence-electron chi connectivity index (χ3n) is 2.66. The van der Waals surface area contributed by atoms with Gasteiger partial charge in [0, 0.05) is 0 Å². The summed E-state index contributed by atoms with van der Waals surface area (Å²) >= 11 is 8.43. The number of hydrogen-bond acceptors (Lipinski definition) is 6. The van der Waals surface area contributed by atoms with E-state index in [1.165, 1.54) is 6.21 Å². The predicted octanol–water partition coefficient (Wildman–Crippen LogP) is 2.74. The Morgan fingerprint density at radius 2 is 2.22 bits per heavy atom. The lowest BCUT2D eigenvalue weighted by molar-refractivity contribution is 0.228. The van der Waals surface area contributed by atoms with Crippen LogP contribution in [0.2, 0.25) is 0 Å². The molecule has 0 fully saturated rings. The molecule has 1 aromatic carbocycles. The number of halogens is 1. The van der Waals surface area contributed by atoms with Crippen LogP contribution in [-0.2, 0) is 0 Å². The maximum Gasteiger partial charge on any atom is 0.293 e. The Labute approximate surface area is 146 Å². The normalized spacial score (nSPS) is 11.2. The number of aromatic nitrogens is 3. The summed E-state index contributed by atoms with van der Waals surface area (Å²) in [5, 5.41) is 10.2. The first-order valence-electron chi connectivity index (χ1n) is 6.67. The zero-order valence-corrected chi connectivity index (χ0v) is 15.1. The number of rotatable bonds is 5. The van der Waals surface area contributed by atoms with Gasteiger partial charge in [-0.15, -0.1) is 0 Å². The van der Waals surface area contributed by atoms with E-state index in [0.29, 0.717) is 17.1 Å². The monoisotopic (exact) mass is 398 g/mol. The van der Waals surface area contributed by atoms with Crippen molar-refractivity contribution in [3.63, 3.8) is 0 Å². The molecule has 0 aliphatic rings. The van der Waals surface area contributed by atoms with Crippen LogP contribution in [0.4, 0.5) is 0 Å². The molecular formula is C14H15BrN4O3S. The summed E-state index contributed by atoms with van der Waals surface area (Å²) in [5.74, 6) is 1.17. The number of H-pyrrole nitrogens is 1. The van der Waals surface area contributed by atoms with E-state index in [-0.39, 0.29) is 10.9 Å². The van der Waals surface area contributed by atoms with Gasteiger partial charge in [-0.1, -0.05) is 0 Å². The third kappa shape index (κ3) is 4.26. The Morgan fingerprint density at radius 1 is 1.48 bits per heavy atom. The van der Waals surface area contributed by atoms with Crippen molar-refractivity contribution in [2.75, 3.05) is 7.11 Å². The highest BCUT2D eigenvalue weighted by Crippen LogP contribution is 2.36. The minimum absolute atomic E-state index is 0.00780. The smallest absolute Gasteiger partial charge is 0.293 e. The van der Waals surface area contributed by atoms with E-state index in [9.17, 15) is 4.79 Å². The standard InChI is InChI=1S/C14H15BrN4O3S/c1-8(2)22-13-10(15)4-9(5-11(13)21-3)6-17-19-12(20)7-16-18-14(19)23/h4-8H,1-3H3,(H,18,23)/b17-6-. The highest BCUT2D eigenvalue weighted by atomic mass is 79.9. The van der Waals surface area contributed by atoms with E-state index < -0.39 is 5.56 Å². The van der Waals surface area contributed by atoms with Crippen LogP contribution in [-0.4, -0.2) is 34.3 Å². The molecule has 0 aliphatic heterocycles. The van der Waals surface area contributed by atoms with Gasteiger partial charge in [-0.2, -0.15) is 14.9 Å². The Kier molecular flexibility index (Phi) is 5.67. The maximum atomic E-state index is 11.7. The van der Waals surface area contributed by atoms with Crippen LogP contribution in [0.25, 0.3) is 0 Å². The van der Waals surface area contributed by atoms with Crippen molar-refractivity contribution in [1.82, 2.24) is 14.9 Å². The number of nitrogens with zero attached hydrogens (tertiary/aromatic N) is 3. The third-order valence-corrected chi connectivity index (χ3v) is 3.52. The molecule has 7 nitrogen and oxygen atoms in total. The first kappa shape index (κ1) is 17.4. The fraction of sp³-hybridized carbons (Fsp3) is 0.286. The molecule has 23 heavy (non-hydrogen) atoms. The molecule has 1 N–H and O–H groups in total.